The molecule has 10 heteroatoms. The van der Waals surface area contributed by atoms with E-state index in [-0.39, 0.29) is 0 Å². The molecule has 0 fully saturated rings. The van der Waals surface area contributed by atoms with Gasteiger partial charge in [-0.1, -0.05) is 35.1 Å². The SMILES string of the molecule is Clc1ccc(-c2cn3nc(Nc4cnn(-c5ncccn5)c4)sc3n2)cc1. The van der Waals surface area contributed by atoms with Gasteiger partial charge in [0.05, 0.1) is 30.0 Å². The third-order valence-corrected chi connectivity index (χ3v) is 4.86. The topological polar surface area (TPSA) is 85.8 Å². The van der Waals surface area contributed by atoms with E-state index in [0.717, 1.165) is 21.9 Å². The van der Waals surface area contributed by atoms with Crippen molar-refractivity contribution in [1.29, 1.82) is 0 Å². The van der Waals surface area contributed by atoms with E-state index < -0.39 is 0 Å². The highest BCUT2D eigenvalue weighted by Gasteiger charge is 2.11. The smallest absolute Gasteiger partial charge is 0.250 e. The average Bonchev–Trinajstić information content (AvgIpc) is 3.38. The Morgan fingerprint density at radius 1 is 1.04 bits per heavy atom. The third kappa shape index (κ3) is 3.14. The van der Waals surface area contributed by atoms with Gasteiger partial charge >= 0.3 is 0 Å². The molecule has 0 saturated carbocycles. The predicted molar refractivity (Wildman–Crippen MR) is 104 cm³/mol. The number of halogens is 1. The number of hydrogen-bond acceptors (Lipinski definition) is 7. The van der Waals surface area contributed by atoms with Crippen molar-refractivity contribution in [1.82, 2.24) is 34.3 Å². The number of aromatic nitrogens is 7. The van der Waals surface area contributed by atoms with Crippen molar-refractivity contribution in [3.05, 3.63) is 66.3 Å². The first-order valence-corrected chi connectivity index (χ1v) is 9.15. The molecule has 8 nitrogen and oxygen atoms in total. The van der Waals surface area contributed by atoms with Gasteiger partial charge in [0.25, 0.3) is 0 Å². The van der Waals surface area contributed by atoms with Gasteiger partial charge in [0.2, 0.25) is 16.0 Å². The van der Waals surface area contributed by atoms with Crippen LogP contribution in [-0.2, 0) is 0 Å². The van der Waals surface area contributed by atoms with E-state index in [4.69, 9.17) is 11.6 Å². The number of rotatable bonds is 4. The second-order valence-electron chi connectivity index (χ2n) is 5.61. The number of hydrogen-bond donors (Lipinski definition) is 1. The molecule has 0 bridgehead atoms. The standard InChI is InChI=1S/C17H11ClN8S/c18-12-4-2-11(3-5-12)14-10-26-17(23-14)27-16(24-26)22-13-8-21-25(9-13)15-19-6-1-7-20-15/h1-10H,(H,22,24). The molecular formula is C17H11ClN8S. The molecule has 0 amide bonds. The molecule has 0 aliphatic heterocycles. The molecule has 0 saturated heterocycles. The Hall–Kier alpha value is -3.30. The summed E-state index contributed by atoms with van der Waals surface area (Å²) >= 11 is 7.39. The van der Waals surface area contributed by atoms with Crippen molar-refractivity contribution in [2.75, 3.05) is 5.32 Å². The van der Waals surface area contributed by atoms with E-state index in [2.05, 4.69) is 30.5 Å². The van der Waals surface area contributed by atoms with E-state index >= 15 is 0 Å². The van der Waals surface area contributed by atoms with Crippen molar-refractivity contribution in [2.45, 2.75) is 0 Å². The molecule has 27 heavy (non-hydrogen) atoms. The van der Waals surface area contributed by atoms with Gasteiger partial charge in [-0.05, 0) is 18.2 Å². The van der Waals surface area contributed by atoms with Crippen molar-refractivity contribution in [2.24, 2.45) is 0 Å². The lowest BCUT2D eigenvalue weighted by Crippen LogP contribution is -1.99. The number of anilines is 2. The van der Waals surface area contributed by atoms with Crippen LogP contribution in [0.2, 0.25) is 5.02 Å². The zero-order valence-corrected chi connectivity index (χ0v) is 15.3. The minimum absolute atomic E-state index is 0.507. The van der Waals surface area contributed by atoms with Crippen LogP contribution in [0.3, 0.4) is 0 Å². The summed E-state index contributed by atoms with van der Waals surface area (Å²) < 4.78 is 3.35. The summed E-state index contributed by atoms with van der Waals surface area (Å²) in [7, 11) is 0. The quantitative estimate of drug-likeness (QED) is 0.498. The van der Waals surface area contributed by atoms with Crippen LogP contribution < -0.4 is 5.32 Å². The maximum absolute atomic E-state index is 5.94. The fourth-order valence-electron chi connectivity index (χ4n) is 2.54. The van der Waals surface area contributed by atoms with Crippen molar-refractivity contribution >= 4 is 38.7 Å². The van der Waals surface area contributed by atoms with Crippen LogP contribution in [0.5, 0.6) is 0 Å². The lowest BCUT2D eigenvalue weighted by molar-refractivity contribution is 0.808. The fraction of sp³-hybridized carbons (Fsp3) is 0. The first-order chi connectivity index (χ1) is 13.2. The second-order valence-corrected chi connectivity index (χ2v) is 7.01. The Labute approximate surface area is 162 Å². The van der Waals surface area contributed by atoms with E-state index in [1.165, 1.54) is 11.3 Å². The molecule has 0 unspecified atom stereocenters. The lowest BCUT2D eigenvalue weighted by atomic mass is 10.2. The van der Waals surface area contributed by atoms with Gasteiger partial charge in [-0.15, -0.1) is 5.10 Å². The van der Waals surface area contributed by atoms with Crippen LogP contribution in [-0.4, -0.2) is 34.3 Å². The summed E-state index contributed by atoms with van der Waals surface area (Å²) in [5.74, 6) is 0.507. The highest BCUT2D eigenvalue weighted by atomic mass is 35.5. The Balaban J connectivity index is 1.38. The van der Waals surface area contributed by atoms with Crippen molar-refractivity contribution in [3.63, 3.8) is 0 Å². The molecule has 0 aliphatic carbocycles. The molecule has 0 atom stereocenters. The molecule has 4 heterocycles. The molecule has 4 aromatic heterocycles. The molecule has 1 aromatic carbocycles. The Morgan fingerprint density at radius 3 is 2.63 bits per heavy atom. The Morgan fingerprint density at radius 2 is 1.85 bits per heavy atom. The third-order valence-electron chi connectivity index (χ3n) is 3.77. The lowest BCUT2D eigenvalue weighted by Gasteiger charge is -1.97. The van der Waals surface area contributed by atoms with E-state index in [0.29, 0.717) is 16.1 Å². The zero-order chi connectivity index (χ0) is 18.2. The molecule has 5 rings (SSSR count). The van der Waals surface area contributed by atoms with Gasteiger partial charge in [0.1, 0.15) is 0 Å². The molecule has 0 radical (unpaired) electrons. The largest absolute Gasteiger partial charge is 0.327 e. The molecule has 132 valence electrons. The maximum Gasteiger partial charge on any atom is 0.250 e. The van der Waals surface area contributed by atoms with Crippen molar-refractivity contribution in [3.8, 4) is 17.2 Å². The molecule has 5 aromatic rings. The first kappa shape index (κ1) is 15.9. The highest BCUT2D eigenvalue weighted by Crippen LogP contribution is 2.27. The van der Waals surface area contributed by atoms with Gasteiger partial charge in [-0.3, -0.25) is 0 Å². The van der Waals surface area contributed by atoms with Gasteiger partial charge in [-0.25, -0.2) is 24.1 Å². The summed E-state index contributed by atoms with van der Waals surface area (Å²) in [4.78, 5) is 13.7. The number of nitrogens with one attached hydrogen (secondary N) is 1. The second kappa shape index (κ2) is 6.45. The summed E-state index contributed by atoms with van der Waals surface area (Å²) in [5.41, 5.74) is 2.64. The maximum atomic E-state index is 5.94. The minimum atomic E-state index is 0.507. The van der Waals surface area contributed by atoms with Gasteiger partial charge in [0, 0.05) is 23.0 Å². The van der Waals surface area contributed by atoms with Crippen molar-refractivity contribution < 1.29 is 0 Å². The van der Waals surface area contributed by atoms with Gasteiger partial charge in [-0.2, -0.15) is 5.10 Å². The van der Waals surface area contributed by atoms with Gasteiger partial charge in [0.15, 0.2) is 0 Å². The summed E-state index contributed by atoms with van der Waals surface area (Å²) in [5, 5.41) is 13.4. The van der Waals surface area contributed by atoms with Crippen LogP contribution in [0.15, 0.2) is 61.3 Å². The number of imidazole rings is 1. The Kier molecular flexibility index (Phi) is 3.80. The average molecular weight is 395 g/mol. The van der Waals surface area contributed by atoms with Crippen LogP contribution in [0.1, 0.15) is 0 Å². The van der Waals surface area contributed by atoms with Crippen LogP contribution in [0.25, 0.3) is 22.2 Å². The van der Waals surface area contributed by atoms with E-state index in [1.807, 2.05) is 30.5 Å². The van der Waals surface area contributed by atoms with Crippen LogP contribution in [0.4, 0.5) is 10.8 Å². The summed E-state index contributed by atoms with van der Waals surface area (Å²) in [6.45, 7) is 0. The van der Waals surface area contributed by atoms with E-state index in [9.17, 15) is 0 Å². The number of benzene rings is 1. The normalized spacial score (nSPS) is 11.1. The molecular weight excluding hydrogens is 384 g/mol. The molecule has 0 aliphatic rings. The van der Waals surface area contributed by atoms with Crippen LogP contribution in [0, 0.1) is 0 Å². The predicted octanol–water partition coefficient (Wildman–Crippen LogP) is 3.83. The van der Waals surface area contributed by atoms with Gasteiger partial charge < -0.3 is 5.32 Å². The number of fused-ring (bicyclic) bond motifs is 1. The molecule has 0 spiro atoms. The first-order valence-electron chi connectivity index (χ1n) is 7.96. The summed E-state index contributed by atoms with van der Waals surface area (Å²) in [6.07, 6.45) is 8.73. The highest BCUT2D eigenvalue weighted by molar-refractivity contribution is 7.20. The fourth-order valence-corrected chi connectivity index (χ4v) is 3.47. The van der Waals surface area contributed by atoms with Crippen LogP contribution >= 0.6 is 22.9 Å². The molecule has 1 N–H and O–H groups in total. The number of nitrogens with zero attached hydrogens (tertiary/aromatic N) is 7. The zero-order valence-electron chi connectivity index (χ0n) is 13.7. The Bertz CT molecular complexity index is 1180. The summed E-state index contributed by atoms with van der Waals surface area (Å²) in [6, 6.07) is 9.33. The van der Waals surface area contributed by atoms with E-state index in [1.54, 1.807) is 40.1 Å². The monoisotopic (exact) mass is 394 g/mol. The minimum Gasteiger partial charge on any atom is -0.327 e.